The Balaban J connectivity index is 1.79. The van der Waals surface area contributed by atoms with Crippen molar-refractivity contribution in [2.45, 2.75) is 70.4 Å². The van der Waals surface area contributed by atoms with Crippen LogP contribution in [0.15, 0.2) is 48.6 Å². The summed E-state index contributed by atoms with van der Waals surface area (Å²) in [5.74, 6) is -1.78. The third-order valence-electron chi connectivity index (χ3n) is 5.91. The third kappa shape index (κ3) is 5.81. The lowest BCUT2D eigenvalue weighted by molar-refractivity contribution is 0.00292. The molecule has 4 rings (SSSR count). The number of aliphatic hydroxyl groups excluding tert-OH is 2. The number of carbonyl (C=O) groups excluding carboxylic acids is 1. The Labute approximate surface area is 214 Å². The van der Waals surface area contributed by atoms with E-state index in [0.717, 1.165) is 5.56 Å². The maximum atomic E-state index is 12.6. The van der Waals surface area contributed by atoms with Crippen molar-refractivity contribution in [1.82, 2.24) is 5.32 Å². The second-order valence-electron chi connectivity index (χ2n) is 9.94. The zero-order valence-electron chi connectivity index (χ0n) is 21.0. The summed E-state index contributed by atoms with van der Waals surface area (Å²) < 4.78 is 22.8. The highest BCUT2D eigenvalue weighted by Crippen LogP contribution is 2.49. The van der Waals surface area contributed by atoms with Gasteiger partial charge < -0.3 is 39.6 Å². The minimum atomic E-state index is -1.44. The minimum absolute atomic E-state index is 0.0294. The summed E-state index contributed by atoms with van der Waals surface area (Å²) in [5, 5.41) is 34.0. The molecule has 0 radical (unpaired) electrons. The van der Waals surface area contributed by atoms with E-state index < -0.39 is 48.1 Å². The van der Waals surface area contributed by atoms with Crippen LogP contribution in [0.3, 0.4) is 0 Å². The number of fused-ring (bicyclic) bond motifs is 1. The van der Waals surface area contributed by atoms with Crippen LogP contribution in [0.25, 0.3) is 0 Å². The molecule has 2 aromatic carbocycles. The quantitative estimate of drug-likeness (QED) is 0.428. The number of alkyl carbamates (subject to hydrolysis) is 1. The van der Waals surface area contributed by atoms with Crippen LogP contribution >= 0.6 is 0 Å². The molecule has 2 aromatic rings. The smallest absolute Gasteiger partial charge is 0.407 e. The van der Waals surface area contributed by atoms with Gasteiger partial charge in [0.1, 0.15) is 30.0 Å². The SMILES string of the molecule is CC1Oc2cc([C@H]3C=C[C@@H](O)[C@@H](O)[C@@H]3NC(=O)OC(C)(C)C)c(C(=O)O)c(OCc3ccccc3)c2O1. The van der Waals surface area contributed by atoms with Crippen LogP contribution in [0.1, 0.15) is 55.1 Å². The summed E-state index contributed by atoms with van der Waals surface area (Å²) in [5.41, 5.74) is -0.00450. The van der Waals surface area contributed by atoms with E-state index in [4.69, 9.17) is 18.9 Å². The van der Waals surface area contributed by atoms with E-state index in [1.807, 2.05) is 30.3 Å². The van der Waals surface area contributed by atoms with Crippen molar-refractivity contribution < 1.29 is 43.9 Å². The van der Waals surface area contributed by atoms with Crippen LogP contribution in [0, 0.1) is 0 Å². The summed E-state index contributed by atoms with van der Waals surface area (Å²) in [6, 6.07) is 9.60. The molecule has 1 heterocycles. The predicted octanol–water partition coefficient (Wildman–Crippen LogP) is 3.35. The highest BCUT2D eigenvalue weighted by atomic mass is 16.7. The third-order valence-corrected chi connectivity index (χ3v) is 5.91. The van der Waals surface area contributed by atoms with Crippen molar-refractivity contribution in [2.75, 3.05) is 0 Å². The maximum absolute atomic E-state index is 12.6. The largest absolute Gasteiger partial charge is 0.484 e. The number of hydrogen-bond donors (Lipinski definition) is 4. The van der Waals surface area contributed by atoms with Gasteiger partial charge in [-0.05, 0) is 38.0 Å². The lowest BCUT2D eigenvalue weighted by atomic mass is 9.79. The molecule has 0 saturated carbocycles. The first-order chi connectivity index (χ1) is 17.4. The number of aliphatic hydroxyl groups is 2. The molecule has 37 heavy (non-hydrogen) atoms. The van der Waals surface area contributed by atoms with Gasteiger partial charge in [0.2, 0.25) is 12.0 Å². The zero-order valence-corrected chi connectivity index (χ0v) is 21.0. The standard InChI is InChI=1S/C27H31NO9/c1-14-35-19-12-17(16-10-11-18(29)22(30)21(16)28-26(33)37-27(2,3)4)20(25(31)32)24(23(19)36-14)34-13-15-8-6-5-7-9-15/h5-12,14,16,18,21-22,29-30H,13H2,1-4H3,(H,28,33)(H,31,32)/t14?,16-,18-,21-,22-/m1/s1. The number of carboxylic acid groups (broad SMARTS) is 1. The topological polar surface area (TPSA) is 144 Å². The number of aromatic carboxylic acids is 1. The fourth-order valence-electron chi connectivity index (χ4n) is 4.36. The molecule has 4 N–H and O–H groups in total. The van der Waals surface area contributed by atoms with Crippen molar-refractivity contribution in [3.63, 3.8) is 0 Å². The molecular weight excluding hydrogens is 482 g/mol. The van der Waals surface area contributed by atoms with Gasteiger partial charge in [-0.15, -0.1) is 0 Å². The van der Waals surface area contributed by atoms with Crippen LogP contribution in [0.4, 0.5) is 4.79 Å². The molecule has 2 aliphatic rings. The van der Waals surface area contributed by atoms with E-state index in [1.165, 1.54) is 18.2 Å². The Kier molecular flexibility index (Phi) is 7.33. The summed E-state index contributed by atoms with van der Waals surface area (Å²) in [6.45, 7) is 6.79. The second-order valence-corrected chi connectivity index (χ2v) is 9.94. The molecule has 1 aliphatic heterocycles. The first kappa shape index (κ1) is 26.3. The van der Waals surface area contributed by atoms with E-state index >= 15 is 0 Å². The molecule has 0 bridgehead atoms. The Bertz CT molecular complexity index is 1190. The van der Waals surface area contributed by atoms with Gasteiger partial charge in [-0.2, -0.15) is 0 Å². The van der Waals surface area contributed by atoms with Crippen LogP contribution in [-0.2, 0) is 11.3 Å². The predicted molar refractivity (Wildman–Crippen MR) is 132 cm³/mol. The Morgan fingerprint density at radius 2 is 1.78 bits per heavy atom. The molecule has 198 valence electrons. The molecule has 1 unspecified atom stereocenters. The summed E-state index contributed by atoms with van der Waals surface area (Å²) in [6.07, 6.45) is -1.35. The molecule has 1 aliphatic carbocycles. The fourth-order valence-corrected chi connectivity index (χ4v) is 4.36. The number of hydrogen-bond acceptors (Lipinski definition) is 8. The van der Waals surface area contributed by atoms with Gasteiger partial charge in [-0.3, -0.25) is 0 Å². The summed E-state index contributed by atoms with van der Waals surface area (Å²) >= 11 is 0. The van der Waals surface area contributed by atoms with Gasteiger partial charge in [0.25, 0.3) is 0 Å². The number of benzene rings is 2. The molecular formula is C27H31NO9. The zero-order chi connectivity index (χ0) is 26.9. The Morgan fingerprint density at radius 1 is 1.08 bits per heavy atom. The van der Waals surface area contributed by atoms with Crippen molar-refractivity contribution in [2.24, 2.45) is 0 Å². The molecule has 0 saturated heterocycles. The van der Waals surface area contributed by atoms with Gasteiger partial charge in [0.15, 0.2) is 11.5 Å². The average molecular weight is 514 g/mol. The van der Waals surface area contributed by atoms with Crippen LogP contribution in [0.5, 0.6) is 17.2 Å². The van der Waals surface area contributed by atoms with Gasteiger partial charge in [0, 0.05) is 12.8 Å². The van der Waals surface area contributed by atoms with E-state index in [9.17, 15) is 24.9 Å². The summed E-state index contributed by atoms with van der Waals surface area (Å²) in [7, 11) is 0. The van der Waals surface area contributed by atoms with Gasteiger partial charge in [-0.25, -0.2) is 9.59 Å². The van der Waals surface area contributed by atoms with E-state index in [-0.39, 0.29) is 35.0 Å². The number of carboxylic acids is 1. The molecule has 0 fully saturated rings. The fraction of sp³-hybridized carbons (Fsp3) is 0.407. The molecule has 0 aromatic heterocycles. The van der Waals surface area contributed by atoms with Crippen molar-refractivity contribution >= 4 is 12.1 Å². The average Bonchev–Trinajstić information content (AvgIpc) is 3.19. The van der Waals surface area contributed by atoms with Crippen molar-refractivity contribution in [1.29, 1.82) is 0 Å². The number of carbonyl (C=O) groups is 2. The van der Waals surface area contributed by atoms with E-state index in [1.54, 1.807) is 27.7 Å². The van der Waals surface area contributed by atoms with E-state index in [0.29, 0.717) is 0 Å². The minimum Gasteiger partial charge on any atom is -0.484 e. The lowest BCUT2D eigenvalue weighted by Crippen LogP contribution is -2.54. The van der Waals surface area contributed by atoms with Gasteiger partial charge >= 0.3 is 12.1 Å². The Morgan fingerprint density at radius 3 is 2.43 bits per heavy atom. The van der Waals surface area contributed by atoms with Crippen LogP contribution < -0.4 is 19.5 Å². The Hall–Kier alpha value is -3.76. The number of nitrogens with one attached hydrogen (secondary N) is 1. The van der Waals surface area contributed by atoms with Gasteiger partial charge in [-0.1, -0.05) is 42.5 Å². The summed E-state index contributed by atoms with van der Waals surface area (Å²) in [4.78, 5) is 25.2. The van der Waals surface area contributed by atoms with Crippen LogP contribution in [-0.4, -0.2) is 57.5 Å². The second kappa shape index (κ2) is 10.3. The monoisotopic (exact) mass is 513 g/mol. The maximum Gasteiger partial charge on any atom is 0.407 e. The number of amides is 1. The normalized spacial score (nSPS) is 24.4. The van der Waals surface area contributed by atoms with Crippen molar-refractivity contribution in [3.05, 3.63) is 65.2 Å². The number of rotatable bonds is 6. The van der Waals surface area contributed by atoms with Crippen LogP contribution in [0.2, 0.25) is 0 Å². The van der Waals surface area contributed by atoms with Crippen molar-refractivity contribution in [3.8, 4) is 17.2 Å². The molecule has 1 amide bonds. The highest BCUT2D eigenvalue weighted by Gasteiger charge is 2.41. The first-order valence-corrected chi connectivity index (χ1v) is 11.9. The van der Waals surface area contributed by atoms with Gasteiger partial charge in [0.05, 0.1) is 6.04 Å². The molecule has 0 spiro atoms. The molecule has 10 heteroatoms. The molecule has 5 atom stereocenters. The lowest BCUT2D eigenvalue weighted by Gasteiger charge is -2.36. The van der Waals surface area contributed by atoms with E-state index in [2.05, 4.69) is 5.32 Å². The highest BCUT2D eigenvalue weighted by molar-refractivity contribution is 5.95. The molecule has 10 nitrogen and oxygen atoms in total. The number of ether oxygens (including phenoxy) is 4. The first-order valence-electron chi connectivity index (χ1n) is 11.9.